The van der Waals surface area contributed by atoms with Crippen molar-refractivity contribution in [3.05, 3.63) is 94.5 Å². The number of anilines is 1. The number of benzene rings is 3. The summed E-state index contributed by atoms with van der Waals surface area (Å²) >= 11 is 0. The van der Waals surface area contributed by atoms with Crippen LogP contribution in [0.15, 0.2) is 66.7 Å². The second kappa shape index (κ2) is 10.5. The molecule has 4 rings (SSSR count). The molecule has 1 aliphatic rings. The van der Waals surface area contributed by atoms with Crippen molar-refractivity contribution in [2.45, 2.75) is 57.5 Å². The summed E-state index contributed by atoms with van der Waals surface area (Å²) in [5.74, 6) is 0.234. The number of hydrogen-bond donors (Lipinski definition) is 1. The molecule has 0 heterocycles. The average Bonchev–Trinajstić information content (AvgIpc) is 3.67. The zero-order chi connectivity index (χ0) is 25.0. The lowest BCUT2D eigenvalue weighted by atomic mass is 9.95. The minimum atomic E-state index is -4.56. The number of hydrogen-bond acceptors (Lipinski definition) is 2. The van der Waals surface area contributed by atoms with Gasteiger partial charge in [-0.15, -0.1) is 0 Å². The molecule has 0 radical (unpaired) electrons. The zero-order valence-corrected chi connectivity index (χ0v) is 20.0. The highest BCUT2D eigenvalue weighted by molar-refractivity contribution is 6.06. The van der Waals surface area contributed by atoms with Gasteiger partial charge in [0.2, 0.25) is 0 Å². The highest BCUT2D eigenvalue weighted by Crippen LogP contribution is 2.44. The van der Waals surface area contributed by atoms with E-state index >= 15 is 0 Å². The molecule has 6 heteroatoms. The van der Waals surface area contributed by atoms with E-state index in [0.717, 1.165) is 37.3 Å². The summed E-state index contributed by atoms with van der Waals surface area (Å²) in [6.07, 6.45) is -0.967. The molecule has 184 valence electrons. The fraction of sp³-hybridized carbons (Fsp3) is 0.345. The molecule has 0 atom stereocenters. The lowest BCUT2D eigenvalue weighted by Crippen LogP contribution is -2.19. The Morgan fingerprint density at radius 1 is 1.03 bits per heavy atom. The molecule has 0 saturated heterocycles. The Balaban J connectivity index is 1.53. The van der Waals surface area contributed by atoms with E-state index in [2.05, 4.69) is 17.4 Å². The van der Waals surface area contributed by atoms with Crippen molar-refractivity contribution >= 4 is 11.6 Å². The molecule has 1 aliphatic carbocycles. The van der Waals surface area contributed by atoms with Gasteiger partial charge in [0.25, 0.3) is 5.91 Å². The number of amides is 1. The smallest absolute Gasteiger partial charge is 0.418 e. The van der Waals surface area contributed by atoms with Crippen LogP contribution >= 0.6 is 0 Å². The van der Waals surface area contributed by atoms with E-state index in [1.54, 1.807) is 12.1 Å². The Hall–Kier alpha value is -3.28. The second-order valence-corrected chi connectivity index (χ2v) is 9.34. The van der Waals surface area contributed by atoms with Crippen LogP contribution in [0, 0.1) is 0 Å². The summed E-state index contributed by atoms with van der Waals surface area (Å²) in [5.41, 5.74) is 2.03. The number of rotatable bonds is 9. The standard InChI is InChI=1S/C29H30F3NO2/c1-19(2)27-23(11-6-12-26(27)35-17-7-10-20-8-4-3-5-9-20)28(34)33-25-18-22(21-13-14-21)15-16-24(25)29(30,31)32/h3-6,8-9,11-12,15-16,18-19,21H,7,10,13-14,17H2,1-2H3,(H,33,34). The third kappa shape index (κ3) is 6.24. The fourth-order valence-electron chi connectivity index (χ4n) is 4.34. The first-order valence-corrected chi connectivity index (χ1v) is 12.1. The Morgan fingerprint density at radius 2 is 1.77 bits per heavy atom. The van der Waals surface area contributed by atoms with Gasteiger partial charge in [0.05, 0.1) is 17.9 Å². The number of carbonyl (C=O) groups is 1. The van der Waals surface area contributed by atoms with Gasteiger partial charge in [0.1, 0.15) is 5.75 Å². The lowest BCUT2D eigenvalue weighted by Gasteiger charge is -2.20. The number of ether oxygens (including phenoxy) is 1. The van der Waals surface area contributed by atoms with Gasteiger partial charge in [-0.3, -0.25) is 4.79 Å². The molecule has 1 amide bonds. The van der Waals surface area contributed by atoms with Crippen molar-refractivity contribution in [1.29, 1.82) is 0 Å². The van der Waals surface area contributed by atoms with E-state index in [0.29, 0.717) is 23.5 Å². The van der Waals surface area contributed by atoms with E-state index in [1.807, 2.05) is 38.1 Å². The van der Waals surface area contributed by atoms with E-state index < -0.39 is 17.6 Å². The zero-order valence-electron chi connectivity index (χ0n) is 20.0. The molecule has 0 aromatic heterocycles. The molecule has 0 bridgehead atoms. The Bertz CT molecular complexity index is 1170. The summed E-state index contributed by atoms with van der Waals surface area (Å²) in [5, 5.41) is 2.55. The summed E-state index contributed by atoms with van der Waals surface area (Å²) in [7, 11) is 0. The van der Waals surface area contributed by atoms with Crippen LogP contribution in [-0.2, 0) is 12.6 Å². The highest BCUT2D eigenvalue weighted by Gasteiger charge is 2.35. The molecule has 3 nitrogen and oxygen atoms in total. The molecule has 3 aromatic carbocycles. The summed E-state index contributed by atoms with van der Waals surface area (Å²) < 4.78 is 47.0. The monoisotopic (exact) mass is 481 g/mol. The lowest BCUT2D eigenvalue weighted by molar-refractivity contribution is -0.136. The molecule has 0 unspecified atom stereocenters. The predicted octanol–water partition coefficient (Wildman–Crippen LogP) is 7.97. The number of nitrogens with one attached hydrogen (secondary N) is 1. The van der Waals surface area contributed by atoms with Crippen molar-refractivity contribution in [2.24, 2.45) is 0 Å². The Labute approximate surface area is 204 Å². The number of halogens is 3. The summed E-state index contributed by atoms with van der Waals surface area (Å²) in [6.45, 7) is 4.36. The van der Waals surface area contributed by atoms with Crippen LogP contribution in [0.25, 0.3) is 0 Å². The van der Waals surface area contributed by atoms with E-state index in [-0.39, 0.29) is 17.5 Å². The van der Waals surface area contributed by atoms with Crippen LogP contribution in [0.2, 0.25) is 0 Å². The maximum absolute atomic E-state index is 13.6. The Kier molecular flexibility index (Phi) is 7.48. The first kappa shape index (κ1) is 24.8. The first-order valence-electron chi connectivity index (χ1n) is 12.1. The maximum Gasteiger partial charge on any atom is 0.418 e. The van der Waals surface area contributed by atoms with E-state index in [4.69, 9.17) is 4.74 Å². The van der Waals surface area contributed by atoms with Crippen molar-refractivity contribution in [1.82, 2.24) is 0 Å². The molecule has 1 fully saturated rings. The van der Waals surface area contributed by atoms with Crippen LogP contribution in [0.4, 0.5) is 18.9 Å². The molecule has 3 aromatic rings. The van der Waals surface area contributed by atoms with Gasteiger partial charge in [-0.05, 0) is 72.9 Å². The second-order valence-electron chi connectivity index (χ2n) is 9.34. The first-order chi connectivity index (χ1) is 16.7. The topological polar surface area (TPSA) is 38.3 Å². The average molecular weight is 482 g/mol. The summed E-state index contributed by atoms with van der Waals surface area (Å²) in [4.78, 5) is 13.2. The number of aryl methyl sites for hydroxylation is 1. The molecule has 0 spiro atoms. The van der Waals surface area contributed by atoms with Gasteiger partial charge in [-0.2, -0.15) is 13.2 Å². The minimum absolute atomic E-state index is 0.0547. The van der Waals surface area contributed by atoms with Gasteiger partial charge >= 0.3 is 6.18 Å². The van der Waals surface area contributed by atoms with Gasteiger partial charge in [0, 0.05) is 11.1 Å². The molecular formula is C29H30F3NO2. The third-order valence-corrected chi connectivity index (χ3v) is 6.24. The quantitative estimate of drug-likeness (QED) is 0.315. The third-order valence-electron chi connectivity index (χ3n) is 6.24. The fourth-order valence-corrected chi connectivity index (χ4v) is 4.34. The number of carbonyl (C=O) groups excluding carboxylic acids is 1. The van der Waals surface area contributed by atoms with Crippen molar-refractivity contribution in [2.75, 3.05) is 11.9 Å². The number of alkyl halides is 3. The molecule has 1 saturated carbocycles. The molecule has 1 N–H and O–H groups in total. The van der Waals surface area contributed by atoms with Crippen LogP contribution in [0.1, 0.15) is 77.6 Å². The van der Waals surface area contributed by atoms with Gasteiger partial charge < -0.3 is 10.1 Å². The molecule has 0 aliphatic heterocycles. The summed E-state index contributed by atoms with van der Waals surface area (Å²) in [6, 6.07) is 19.3. The molecular weight excluding hydrogens is 451 g/mol. The molecule has 35 heavy (non-hydrogen) atoms. The van der Waals surface area contributed by atoms with Gasteiger partial charge in [0.15, 0.2) is 0 Å². The van der Waals surface area contributed by atoms with Crippen LogP contribution < -0.4 is 10.1 Å². The largest absolute Gasteiger partial charge is 0.493 e. The van der Waals surface area contributed by atoms with Crippen molar-refractivity contribution in [3.8, 4) is 5.75 Å². The van der Waals surface area contributed by atoms with Gasteiger partial charge in [-0.1, -0.05) is 56.3 Å². The Morgan fingerprint density at radius 3 is 2.43 bits per heavy atom. The highest BCUT2D eigenvalue weighted by atomic mass is 19.4. The minimum Gasteiger partial charge on any atom is -0.493 e. The van der Waals surface area contributed by atoms with Crippen molar-refractivity contribution < 1.29 is 22.7 Å². The predicted molar refractivity (Wildman–Crippen MR) is 132 cm³/mol. The van der Waals surface area contributed by atoms with Crippen LogP contribution in [0.5, 0.6) is 5.75 Å². The van der Waals surface area contributed by atoms with Crippen LogP contribution in [-0.4, -0.2) is 12.5 Å². The van der Waals surface area contributed by atoms with E-state index in [1.165, 1.54) is 17.7 Å². The normalized spacial score (nSPS) is 13.7. The maximum atomic E-state index is 13.6. The van der Waals surface area contributed by atoms with Crippen molar-refractivity contribution in [3.63, 3.8) is 0 Å². The van der Waals surface area contributed by atoms with E-state index in [9.17, 15) is 18.0 Å². The van der Waals surface area contributed by atoms with Crippen LogP contribution in [0.3, 0.4) is 0 Å². The SMILES string of the molecule is CC(C)c1c(OCCCc2ccccc2)cccc1C(=O)Nc1cc(C2CC2)ccc1C(F)(F)F. The van der Waals surface area contributed by atoms with Gasteiger partial charge in [-0.25, -0.2) is 0 Å².